The molecule has 11 heavy (non-hydrogen) atoms. The molecule has 0 aliphatic carbocycles. The Balaban J connectivity index is 2.61. The molecule has 3 heteroatoms. The number of nitrogens with zero attached hydrogens (tertiary/aromatic N) is 1. The molecule has 0 saturated carbocycles. The lowest BCUT2D eigenvalue weighted by atomic mass is 10.1. The van der Waals surface area contributed by atoms with Crippen molar-refractivity contribution in [3.8, 4) is 0 Å². The number of aromatic nitrogens is 1. The molecule has 0 fully saturated rings. The maximum atomic E-state index is 9.40. The minimum Gasteiger partial charge on any atom is -0.388 e. The summed E-state index contributed by atoms with van der Waals surface area (Å²) in [4.78, 5) is 3.89. The van der Waals surface area contributed by atoms with Gasteiger partial charge in [-0.15, -0.1) is 0 Å². The van der Waals surface area contributed by atoms with Crippen LogP contribution in [0.15, 0.2) is 24.5 Å². The second kappa shape index (κ2) is 4.05. The van der Waals surface area contributed by atoms with Crippen molar-refractivity contribution in [2.45, 2.75) is 12.5 Å². The van der Waals surface area contributed by atoms with Gasteiger partial charge in [-0.25, -0.2) is 0 Å². The van der Waals surface area contributed by atoms with Gasteiger partial charge in [0.15, 0.2) is 0 Å². The third kappa shape index (κ3) is 2.29. The molecule has 0 radical (unpaired) electrons. The SMILES string of the molecule is NCCC(O)c1cccnc1. The molecule has 0 amide bonds. The van der Waals surface area contributed by atoms with Gasteiger partial charge in [0.25, 0.3) is 0 Å². The zero-order valence-electron chi connectivity index (χ0n) is 6.27. The van der Waals surface area contributed by atoms with Gasteiger partial charge in [0.1, 0.15) is 0 Å². The molecule has 1 unspecified atom stereocenters. The lowest BCUT2D eigenvalue weighted by molar-refractivity contribution is 0.170. The Bertz CT molecular complexity index is 201. The predicted octanol–water partition coefficient (Wildman–Crippen LogP) is 0.464. The highest BCUT2D eigenvalue weighted by Gasteiger charge is 2.04. The van der Waals surface area contributed by atoms with Gasteiger partial charge in [0.2, 0.25) is 0 Å². The fourth-order valence-corrected chi connectivity index (χ4v) is 0.898. The maximum absolute atomic E-state index is 9.40. The van der Waals surface area contributed by atoms with E-state index in [1.54, 1.807) is 18.5 Å². The highest BCUT2D eigenvalue weighted by molar-refractivity contribution is 5.11. The first-order valence-electron chi connectivity index (χ1n) is 3.62. The fraction of sp³-hybridized carbons (Fsp3) is 0.375. The second-order valence-corrected chi connectivity index (χ2v) is 2.38. The van der Waals surface area contributed by atoms with E-state index in [0.29, 0.717) is 13.0 Å². The van der Waals surface area contributed by atoms with Gasteiger partial charge in [0.05, 0.1) is 6.10 Å². The van der Waals surface area contributed by atoms with Crippen molar-refractivity contribution in [2.75, 3.05) is 6.54 Å². The average Bonchev–Trinajstić information content (AvgIpc) is 2.07. The van der Waals surface area contributed by atoms with Gasteiger partial charge in [-0.3, -0.25) is 4.98 Å². The zero-order chi connectivity index (χ0) is 8.10. The van der Waals surface area contributed by atoms with E-state index in [2.05, 4.69) is 4.98 Å². The molecule has 0 saturated heterocycles. The van der Waals surface area contributed by atoms with Crippen LogP contribution in [0.3, 0.4) is 0 Å². The number of rotatable bonds is 3. The van der Waals surface area contributed by atoms with E-state index in [4.69, 9.17) is 5.73 Å². The van der Waals surface area contributed by atoms with E-state index >= 15 is 0 Å². The summed E-state index contributed by atoms with van der Waals surface area (Å²) in [7, 11) is 0. The van der Waals surface area contributed by atoms with Crippen molar-refractivity contribution in [3.05, 3.63) is 30.1 Å². The lowest BCUT2D eigenvalue weighted by Gasteiger charge is -2.07. The lowest BCUT2D eigenvalue weighted by Crippen LogP contribution is -2.06. The summed E-state index contributed by atoms with van der Waals surface area (Å²) in [6, 6.07) is 3.64. The Kier molecular flexibility index (Phi) is 3.01. The summed E-state index contributed by atoms with van der Waals surface area (Å²) in [5.41, 5.74) is 6.12. The maximum Gasteiger partial charge on any atom is 0.0816 e. The normalized spacial score (nSPS) is 12.9. The van der Waals surface area contributed by atoms with Gasteiger partial charge in [-0.05, 0) is 24.6 Å². The number of aliphatic hydroxyl groups excluding tert-OH is 1. The summed E-state index contributed by atoms with van der Waals surface area (Å²) in [5.74, 6) is 0. The summed E-state index contributed by atoms with van der Waals surface area (Å²) >= 11 is 0. The van der Waals surface area contributed by atoms with Crippen LogP contribution >= 0.6 is 0 Å². The molecule has 1 aromatic rings. The molecule has 0 aliphatic rings. The van der Waals surface area contributed by atoms with E-state index in [9.17, 15) is 5.11 Å². The Labute approximate surface area is 65.9 Å². The number of hydrogen-bond acceptors (Lipinski definition) is 3. The summed E-state index contributed by atoms with van der Waals surface area (Å²) in [5, 5.41) is 9.40. The van der Waals surface area contributed by atoms with Crippen LogP contribution < -0.4 is 5.73 Å². The van der Waals surface area contributed by atoms with E-state index < -0.39 is 6.10 Å². The smallest absolute Gasteiger partial charge is 0.0816 e. The molecule has 0 aromatic carbocycles. The third-order valence-corrected chi connectivity index (χ3v) is 1.51. The molecule has 1 rings (SSSR count). The molecular weight excluding hydrogens is 140 g/mol. The van der Waals surface area contributed by atoms with Crippen LogP contribution in [-0.2, 0) is 0 Å². The van der Waals surface area contributed by atoms with Crippen LogP contribution in [0.25, 0.3) is 0 Å². The molecule has 1 heterocycles. The Morgan fingerprint density at radius 1 is 1.64 bits per heavy atom. The first-order valence-corrected chi connectivity index (χ1v) is 3.62. The average molecular weight is 152 g/mol. The van der Waals surface area contributed by atoms with Crippen molar-refractivity contribution >= 4 is 0 Å². The Hall–Kier alpha value is -0.930. The largest absolute Gasteiger partial charge is 0.388 e. The van der Waals surface area contributed by atoms with E-state index in [0.717, 1.165) is 5.56 Å². The quantitative estimate of drug-likeness (QED) is 0.661. The first kappa shape index (κ1) is 8.17. The summed E-state index contributed by atoms with van der Waals surface area (Å²) in [6.07, 6.45) is 3.46. The number of hydrogen-bond donors (Lipinski definition) is 2. The number of pyridine rings is 1. The number of aliphatic hydroxyl groups is 1. The topological polar surface area (TPSA) is 59.1 Å². The molecule has 0 aliphatic heterocycles. The standard InChI is InChI=1S/C8H12N2O/c9-4-3-8(11)7-2-1-5-10-6-7/h1-2,5-6,8,11H,3-4,9H2. The Morgan fingerprint density at radius 2 is 2.45 bits per heavy atom. The second-order valence-electron chi connectivity index (χ2n) is 2.38. The molecule has 0 bridgehead atoms. The van der Waals surface area contributed by atoms with E-state index in [-0.39, 0.29) is 0 Å². The minimum atomic E-state index is -0.464. The van der Waals surface area contributed by atoms with Crippen molar-refractivity contribution in [3.63, 3.8) is 0 Å². The molecule has 1 atom stereocenters. The predicted molar refractivity (Wildman–Crippen MR) is 42.9 cm³/mol. The van der Waals surface area contributed by atoms with Crippen LogP contribution in [0.2, 0.25) is 0 Å². The number of nitrogens with two attached hydrogens (primary N) is 1. The van der Waals surface area contributed by atoms with Crippen LogP contribution in [0.1, 0.15) is 18.1 Å². The van der Waals surface area contributed by atoms with Crippen LogP contribution in [-0.4, -0.2) is 16.6 Å². The first-order chi connectivity index (χ1) is 5.34. The summed E-state index contributed by atoms with van der Waals surface area (Å²) < 4.78 is 0. The molecule has 60 valence electrons. The van der Waals surface area contributed by atoms with Crippen molar-refractivity contribution in [1.29, 1.82) is 0 Å². The monoisotopic (exact) mass is 152 g/mol. The summed E-state index contributed by atoms with van der Waals surface area (Å²) in [6.45, 7) is 0.496. The van der Waals surface area contributed by atoms with Crippen LogP contribution in [0.5, 0.6) is 0 Å². The Morgan fingerprint density at radius 3 is 3.00 bits per heavy atom. The minimum absolute atomic E-state index is 0.464. The molecule has 1 aromatic heterocycles. The van der Waals surface area contributed by atoms with Crippen molar-refractivity contribution < 1.29 is 5.11 Å². The van der Waals surface area contributed by atoms with Crippen molar-refractivity contribution in [1.82, 2.24) is 4.98 Å². The van der Waals surface area contributed by atoms with Crippen LogP contribution in [0, 0.1) is 0 Å². The van der Waals surface area contributed by atoms with Gasteiger partial charge < -0.3 is 10.8 Å². The van der Waals surface area contributed by atoms with Gasteiger partial charge >= 0.3 is 0 Å². The van der Waals surface area contributed by atoms with Gasteiger partial charge in [0, 0.05) is 12.4 Å². The highest BCUT2D eigenvalue weighted by Crippen LogP contribution is 2.12. The highest BCUT2D eigenvalue weighted by atomic mass is 16.3. The van der Waals surface area contributed by atoms with Crippen molar-refractivity contribution in [2.24, 2.45) is 5.73 Å². The van der Waals surface area contributed by atoms with E-state index in [1.807, 2.05) is 6.07 Å². The van der Waals surface area contributed by atoms with Gasteiger partial charge in [-0.1, -0.05) is 6.07 Å². The molecule has 0 spiro atoms. The fourth-order valence-electron chi connectivity index (χ4n) is 0.898. The molecular formula is C8H12N2O. The third-order valence-electron chi connectivity index (χ3n) is 1.51. The molecule has 3 nitrogen and oxygen atoms in total. The van der Waals surface area contributed by atoms with Crippen LogP contribution in [0.4, 0.5) is 0 Å². The van der Waals surface area contributed by atoms with E-state index in [1.165, 1.54) is 0 Å². The van der Waals surface area contributed by atoms with Gasteiger partial charge in [-0.2, -0.15) is 0 Å². The molecule has 3 N–H and O–H groups in total. The zero-order valence-corrected chi connectivity index (χ0v) is 6.27.